The van der Waals surface area contributed by atoms with Crippen molar-refractivity contribution in [3.63, 3.8) is 0 Å². The van der Waals surface area contributed by atoms with Crippen LogP contribution in [-0.4, -0.2) is 28.7 Å². The Morgan fingerprint density at radius 1 is 0.886 bits per heavy atom. The monoisotopic (exact) mass is 480 g/mol. The van der Waals surface area contributed by atoms with E-state index in [2.05, 4.69) is 15.6 Å². The van der Waals surface area contributed by atoms with Crippen molar-refractivity contribution >= 4 is 29.2 Å². The number of benzene rings is 2. The van der Waals surface area contributed by atoms with Crippen molar-refractivity contribution in [2.45, 2.75) is 38.8 Å². The summed E-state index contributed by atoms with van der Waals surface area (Å²) in [5.74, 6) is -2.13. The van der Waals surface area contributed by atoms with E-state index in [1.807, 2.05) is 0 Å². The standard InChI is InChI=1S/C26H26F2N4O3/c1-17(2)30-26(35)25(18-6-8-19(27)9-7-18)32(21-12-10-20(28)11-13-21)24(34)15-14-23(33)31-22-5-3-4-16-29-22/h3-13,16-17,25H,14-15H2,1-2H3,(H,30,35)(H,29,31,33). The molecule has 3 rings (SSSR count). The van der Waals surface area contributed by atoms with Crippen LogP contribution in [-0.2, 0) is 14.4 Å². The Balaban J connectivity index is 1.92. The average Bonchev–Trinajstić information content (AvgIpc) is 2.82. The van der Waals surface area contributed by atoms with Gasteiger partial charge in [-0.05, 0) is 67.9 Å². The molecule has 0 aliphatic rings. The Labute approximate surface area is 202 Å². The molecule has 3 amide bonds. The smallest absolute Gasteiger partial charge is 0.248 e. The second kappa shape index (κ2) is 11.8. The Kier molecular flexibility index (Phi) is 8.61. The van der Waals surface area contributed by atoms with Crippen molar-refractivity contribution in [3.8, 4) is 0 Å². The van der Waals surface area contributed by atoms with E-state index in [-0.39, 0.29) is 24.6 Å². The third kappa shape index (κ3) is 7.17. The minimum Gasteiger partial charge on any atom is -0.352 e. The Morgan fingerprint density at radius 2 is 1.51 bits per heavy atom. The normalized spacial score (nSPS) is 11.6. The quantitative estimate of drug-likeness (QED) is 0.476. The van der Waals surface area contributed by atoms with Crippen LogP contribution in [0.5, 0.6) is 0 Å². The number of anilines is 2. The number of aromatic nitrogens is 1. The van der Waals surface area contributed by atoms with Gasteiger partial charge >= 0.3 is 0 Å². The number of halogens is 2. The summed E-state index contributed by atoms with van der Waals surface area (Å²) in [5, 5.41) is 5.39. The van der Waals surface area contributed by atoms with E-state index >= 15 is 0 Å². The molecule has 35 heavy (non-hydrogen) atoms. The summed E-state index contributed by atoms with van der Waals surface area (Å²) in [6.45, 7) is 3.54. The van der Waals surface area contributed by atoms with Crippen LogP contribution in [0, 0.1) is 11.6 Å². The summed E-state index contributed by atoms with van der Waals surface area (Å²) in [6.07, 6.45) is 1.12. The summed E-state index contributed by atoms with van der Waals surface area (Å²) in [7, 11) is 0. The molecule has 1 atom stereocenters. The van der Waals surface area contributed by atoms with Gasteiger partial charge < -0.3 is 10.6 Å². The van der Waals surface area contributed by atoms with E-state index < -0.39 is 35.4 Å². The first-order valence-electron chi connectivity index (χ1n) is 11.1. The summed E-state index contributed by atoms with van der Waals surface area (Å²) in [4.78, 5) is 44.3. The Morgan fingerprint density at radius 3 is 2.09 bits per heavy atom. The second-order valence-corrected chi connectivity index (χ2v) is 8.12. The molecule has 0 aliphatic carbocycles. The highest BCUT2D eigenvalue weighted by molar-refractivity contribution is 6.03. The average molecular weight is 481 g/mol. The summed E-state index contributed by atoms with van der Waals surface area (Å²) < 4.78 is 27.2. The molecule has 1 aromatic heterocycles. The topological polar surface area (TPSA) is 91.4 Å². The maximum atomic E-state index is 13.6. The number of carbonyl (C=O) groups excluding carboxylic acids is 3. The molecule has 3 aromatic rings. The van der Waals surface area contributed by atoms with Crippen LogP contribution in [0.15, 0.2) is 72.9 Å². The van der Waals surface area contributed by atoms with Crippen molar-refractivity contribution in [1.82, 2.24) is 10.3 Å². The second-order valence-electron chi connectivity index (χ2n) is 8.12. The maximum absolute atomic E-state index is 13.6. The number of carbonyl (C=O) groups is 3. The number of nitrogens with one attached hydrogen (secondary N) is 2. The Hall–Kier alpha value is -4.14. The molecule has 0 saturated heterocycles. The number of nitrogens with zero attached hydrogens (tertiary/aromatic N) is 2. The zero-order valence-corrected chi connectivity index (χ0v) is 19.4. The highest BCUT2D eigenvalue weighted by Gasteiger charge is 2.33. The molecule has 9 heteroatoms. The van der Waals surface area contributed by atoms with Crippen LogP contribution in [0.4, 0.5) is 20.3 Å². The van der Waals surface area contributed by atoms with Crippen molar-refractivity contribution in [1.29, 1.82) is 0 Å². The predicted molar refractivity (Wildman–Crippen MR) is 128 cm³/mol. The van der Waals surface area contributed by atoms with Crippen LogP contribution < -0.4 is 15.5 Å². The molecule has 0 radical (unpaired) electrons. The van der Waals surface area contributed by atoms with E-state index in [9.17, 15) is 23.2 Å². The first kappa shape index (κ1) is 25.5. The van der Waals surface area contributed by atoms with E-state index in [0.717, 1.165) is 0 Å². The van der Waals surface area contributed by atoms with Gasteiger partial charge in [-0.1, -0.05) is 18.2 Å². The molecular weight excluding hydrogens is 454 g/mol. The zero-order chi connectivity index (χ0) is 25.4. The number of hydrogen-bond acceptors (Lipinski definition) is 4. The predicted octanol–water partition coefficient (Wildman–Crippen LogP) is 4.38. The first-order chi connectivity index (χ1) is 16.7. The highest BCUT2D eigenvalue weighted by atomic mass is 19.1. The zero-order valence-electron chi connectivity index (χ0n) is 19.4. The van der Waals surface area contributed by atoms with Gasteiger partial charge in [0.15, 0.2) is 0 Å². The van der Waals surface area contributed by atoms with Gasteiger partial charge in [0, 0.05) is 30.8 Å². The molecule has 182 valence electrons. The summed E-state index contributed by atoms with van der Waals surface area (Å²) in [6, 6.07) is 13.9. The summed E-state index contributed by atoms with van der Waals surface area (Å²) >= 11 is 0. The Bertz CT molecular complexity index is 1150. The molecule has 0 spiro atoms. The molecule has 7 nitrogen and oxygen atoms in total. The van der Waals surface area contributed by atoms with Crippen LogP contribution in [0.3, 0.4) is 0 Å². The van der Waals surface area contributed by atoms with Gasteiger partial charge in [-0.25, -0.2) is 13.8 Å². The minimum absolute atomic E-state index is 0.172. The van der Waals surface area contributed by atoms with Crippen molar-refractivity contribution in [2.75, 3.05) is 10.2 Å². The number of hydrogen-bond donors (Lipinski definition) is 2. The lowest BCUT2D eigenvalue weighted by Crippen LogP contribution is -2.46. The molecule has 0 fully saturated rings. The molecule has 0 aliphatic heterocycles. The summed E-state index contributed by atoms with van der Waals surface area (Å²) in [5.41, 5.74) is 0.620. The number of rotatable bonds is 9. The first-order valence-corrected chi connectivity index (χ1v) is 11.1. The van der Waals surface area contributed by atoms with Crippen LogP contribution in [0.25, 0.3) is 0 Å². The van der Waals surface area contributed by atoms with Gasteiger partial charge in [0.05, 0.1) is 0 Å². The van der Waals surface area contributed by atoms with E-state index in [0.29, 0.717) is 11.4 Å². The van der Waals surface area contributed by atoms with Crippen LogP contribution >= 0.6 is 0 Å². The van der Waals surface area contributed by atoms with Gasteiger partial charge in [0.1, 0.15) is 23.5 Å². The van der Waals surface area contributed by atoms with Crippen molar-refractivity contribution in [2.24, 2.45) is 0 Å². The van der Waals surface area contributed by atoms with Crippen LogP contribution in [0.1, 0.15) is 38.3 Å². The molecule has 2 aromatic carbocycles. The number of pyridine rings is 1. The fourth-order valence-electron chi connectivity index (χ4n) is 3.45. The fraction of sp³-hybridized carbons (Fsp3) is 0.231. The third-order valence-electron chi connectivity index (χ3n) is 5.00. The number of amides is 3. The van der Waals surface area contributed by atoms with Gasteiger partial charge in [0.2, 0.25) is 17.7 Å². The maximum Gasteiger partial charge on any atom is 0.248 e. The van der Waals surface area contributed by atoms with E-state index in [1.54, 1.807) is 32.0 Å². The largest absolute Gasteiger partial charge is 0.352 e. The van der Waals surface area contributed by atoms with Crippen LogP contribution in [0.2, 0.25) is 0 Å². The van der Waals surface area contributed by atoms with Crippen molar-refractivity contribution < 1.29 is 23.2 Å². The third-order valence-corrected chi connectivity index (χ3v) is 5.00. The fourth-order valence-corrected chi connectivity index (χ4v) is 3.45. The molecule has 0 bridgehead atoms. The molecule has 2 N–H and O–H groups in total. The molecule has 1 heterocycles. The minimum atomic E-state index is -1.17. The van der Waals surface area contributed by atoms with E-state index in [4.69, 9.17) is 0 Å². The molecular formula is C26H26F2N4O3. The lowest BCUT2D eigenvalue weighted by atomic mass is 10.0. The highest BCUT2D eigenvalue weighted by Crippen LogP contribution is 2.29. The van der Waals surface area contributed by atoms with E-state index in [1.165, 1.54) is 59.6 Å². The molecule has 1 unspecified atom stereocenters. The van der Waals surface area contributed by atoms with Gasteiger partial charge in [-0.15, -0.1) is 0 Å². The SMILES string of the molecule is CC(C)NC(=O)C(c1ccc(F)cc1)N(C(=O)CCC(=O)Nc1ccccn1)c1ccc(F)cc1. The molecule has 0 saturated carbocycles. The lowest BCUT2D eigenvalue weighted by molar-refractivity contribution is -0.127. The van der Waals surface area contributed by atoms with Crippen molar-refractivity contribution in [3.05, 3.63) is 90.1 Å². The van der Waals surface area contributed by atoms with Gasteiger partial charge in [-0.3, -0.25) is 19.3 Å². The van der Waals surface area contributed by atoms with Gasteiger partial charge in [0.25, 0.3) is 0 Å². The lowest BCUT2D eigenvalue weighted by Gasteiger charge is -2.32. The van der Waals surface area contributed by atoms with Gasteiger partial charge in [-0.2, -0.15) is 0 Å².